The zero-order valence-electron chi connectivity index (χ0n) is 16.3. The number of imidazole rings is 1. The summed E-state index contributed by atoms with van der Waals surface area (Å²) in [6.07, 6.45) is 5.86. The topological polar surface area (TPSA) is 38.1 Å². The molecule has 0 radical (unpaired) electrons. The summed E-state index contributed by atoms with van der Waals surface area (Å²) in [7, 11) is 0. The smallest absolute Gasteiger partial charge is 0.233 e. The van der Waals surface area contributed by atoms with E-state index in [4.69, 9.17) is 0 Å². The lowest BCUT2D eigenvalue weighted by Gasteiger charge is -2.25. The molecule has 0 saturated carbocycles. The molecule has 0 N–H and O–H groups in total. The largest absolute Gasteiger partial charge is 0.335 e. The van der Waals surface area contributed by atoms with Crippen LogP contribution >= 0.6 is 11.8 Å². The first-order valence-corrected chi connectivity index (χ1v) is 10.7. The zero-order valence-corrected chi connectivity index (χ0v) is 17.2. The molecule has 28 heavy (non-hydrogen) atoms. The van der Waals surface area contributed by atoms with Gasteiger partial charge in [0.25, 0.3) is 0 Å². The van der Waals surface area contributed by atoms with E-state index in [2.05, 4.69) is 53.7 Å². The molecular weight excluding hydrogens is 366 g/mol. The Labute approximate surface area is 170 Å². The van der Waals surface area contributed by atoms with Gasteiger partial charge in [-0.3, -0.25) is 9.36 Å². The fraction of sp³-hybridized carbons (Fsp3) is 0.304. The summed E-state index contributed by atoms with van der Waals surface area (Å²) in [5.74, 6) is 0.594. The Balaban J connectivity index is 1.47. The number of rotatable bonds is 5. The lowest BCUT2D eigenvalue weighted by atomic mass is 10.0. The number of benzene rings is 2. The zero-order chi connectivity index (χ0) is 19.5. The highest BCUT2D eigenvalue weighted by molar-refractivity contribution is 7.99. The Hall–Kier alpha value is -2.53. The first-order chi connectivity index (χ1) is 13.6. The Kier molecular flexibility index (Phi) is 5.53. The molecule has 0 spiro atoms. The molecule has 1 aliphatic rings. The summed E-state index contributed by atoms with van der Waals surface area (Å²) in [6, 6.07) is 17.0. The van der Waals surface area contributed by atoms with E-state index in [0.29, 0.717) is 5.75 Å². The molecule has 1 unspecified atom stereocenters. The molecule has 2 aromatic carbocycles. The van der Waals surface area contributed by atoms with Crippen LogP contribution in [0.15, 0.2) is 66.1 Å². The number of aromatic nitrogens is 2. The van der Waals surface area contributed by atoms with Crippen molar-refractivity contribution in [2.45, 2.75) is 37.9 Å². The molecule has 0 bridgehead atoms. The number of thioether (sulfide) groups is 1. The van der Waals surface area contributed by atoms with Crippen LogP contribution in [0.25, 0.3) is 5.69 Å². The molecular formula is C23H25N3OS. The molecule has 4 nitrogen and oxygen atoms in total. The molecule has 4 rings (SSSR count). The van der Waals surface area contributed by atoms with Crippen molar-refractivity contribution in [3.05, 3.63) is 77.6 Å². The quantitative estimate of drug-likeness (QED) is 0.578. The van der Waals surface area contributed by atoms with Crippen molar-refractivity contribution in [2.75, 3.05) is 12.3 Å². The summed E-state index contributed by atoms with van der Waals surface area (Å²) in [6.45, 7) is 5.03. The maximum Gasteiger partial charge on any atom is 0.233 e. The predicted octanol–water partition coefficient (Wildman–Crippen LogP) is 4.94. The average molecular weight is 392 g/mol. The van der Waals surface area contributed by atoms with Gasteiger partial charge >= 0.3 is 0 Å². The van der Waals surface area contributed by atoms with Crippen LogP contribution in [-0.4, -0.2) is 32.7 Å². The van der Waals surface area contributed by atoms with E-state index in [1.54, 1.807) is 6.20 Å². The normalized spacial score (nSPS) is 16.5. The minimum Gasteiger partial charge on any atom is -0.335 e. The van der Waals surface area contributed by atoms with E-state index < -0.39 is 0 Å². The van der Waals surface area contributed by atoms with Crippen LogP contribution in [-0.2, 0) is 4.79 Å². The second kappa shape index (κ2) is 8.23. The van der Waals surface area contributed by atoms with Crippen molar-refractivity contribution >= 4 is 17.7 Å². The second-order valence-corrected chi connectivity index (χ2v) is 8.31. The van der Waals surface area contributed by atoms with Gasteiger partial charge in [-0.1, -0.05) is 48.2 Å². The van der Waals surface area contributed by atoms with Crippen molar-refractivity contribution in [3.63, 3.8) is 0 Å². The van der Waals surface area contributed by atoms with Crippen molar-refractivity contribution in [1.29, 1.82) is 0 Å². The van der Waals surface area contributed by atoms with Gasteiger partial charge in [-0.2, -0.15) is 0 Å². The second-order valence-electron chi connectivity index (χ2n) is 7.37. The standard InChI is InChI=1S/C23H25N3OS/c1-17-13-18(2)15-20(14-17)25-12-10-24-23(25)28-16-22(27)26-11-6-9-21(26)19-7-4-3-5-8-19/h3-5,7-8,10,12-15,21H,6,9,11,16H2,1-2H3. The monoisotopic (exact) mass is 391 g/mol. The van der Waals surface area contributed by atoms with Crippen LogP contribution in [0.3, 0.4) is 0 Å². The van der Waals surface area contributed by atoms with Gasteiger partial charge in [-0.05, 0) is 55.5 Å². The minimum absolute atomic E-state index is 0.186. The summed E-state index contributed by atoms with van der Waals surface area (Å²) in [5.41, 5.74) is 4.76. The van der Waals surface area contributed by atoms with Crippen molar-refractivity contribution in [2.24, 2.45) is 0 Å². The molecule has 1 aromatic heterocycles. The third-order valence-corrected chi connectivity index (χ3v) is 6.13. The molecule has 3 aromatic rings. The maximum atomic E-state index is 12.9. The van der Waals surface area contributed by atoms with Crippen LogP contribution in [0.2, 0.25) is 0 Å². The van der Waals surface area contributed by atoms with E-state index in [0.717, 1.165) is 30.2 Å². The highest BCUT2D eigenvalue weighted by Crippen LogP contribution is 2.33. The number of nitrogens with zero attached hydrogens (tertiary/aromatic N) is 3. The van der Waals surface area contributed by atoms with E-state index in [1.165, 1.54) is 28.5 Å². The minimum atomic E-state index is 0.186. The van der Waals surface area contributed by atoms with Crippen molar-refractivity contribution in [3.8, 4) is 5.69 Å². The van der Waals surface area contributed by atoms with E-state index in [9.17, 15) is 4.79 Å². The number of aryl methyl sites for hydroxylation is 2. The van der Waals surface area contributed by atoms with Crippen LogP contribution in [0.1, 0.15) is 35.6 Å². The van der Waals surface area contributed by atoms with Gasteiger partial charge in [0.1, 0.15) is 0 Å². The van der Waals surface area contributed by atoms with Crippen LogP contribution in [0, 0.1) is 13.8 Å². The van der Waals surface area contributed by atoms with Crippen LogP contribution < -0.4 is 0 Å². The molecule has 1 aliphatic heterocycles. The lowest BCUT2D eigenvalue weighted by Crippen LogP contribution is -2.32. The average Bonchev–Trinajstić information content (AvgIpc) is 3.35. The van der Waals surface area contributed by atoms with Gasteiger partial charge in [0.2, 0.25) is 5.91 Å². The summed E-state index contributed by atoms with van der Waals surface area (Å²) in [5, 5.41) is 0.855. The predicted molar refractivity (Wildman–Crippen MR) is 114 cm³/mol. The molecule has 5 heteroatoms. The van der Waals surface area contributed by atoms with Crippen LogP contribution in [0.4, 0.5) is 0 Å². The summed E-state index contributed by atoms with van der Waals surface area (Å²) < 4.78 is 2.07. The molecule has 1 saturated heterocycles. The van der Waals surface area contributed by atoms with E-state index in [1.807, 2.05) is 29.3 Å². The Bertz CT molecular complexity index is 947. The van der Waals surface area contributed by atoms with Gasteiger partial charge in [0.15, 0.2) is 5.16 Å². The highest BCUT2D eigenvalue weighted by atomic mass is 32.2. The maximum absolute atomic E-state index is 12.9. The lowest BCUT2D eigenvalue weighted by molar-refractivity contribution is -0.129. The Morgan fingerprint density at radius 1 is 1.14 bits per heavy atom. The number of hydrogen-bond donors (Lipinski definition) is 0. The molecule has 2 heterocycles. The first kappa shape index (κ1) is 18.8. The number of carbonyl (C=O) groups excluding carboxylic acids is 1. The van der Waals surface area contributed by atoms with Gasteiger partial charge in [-0.15, -0.1) is 0 Å². The summed E-state index contributed by atoms with van der Waals surface area (Å²) in [4.78, 5) is 19.5. The molecule has 1 fully saturated rings. The molecule has 1 amide bonds. The van der Waals surface area contributed by atoms with Gasteiger partial charge in [0.05, 0.1) is 11.8 Å². The van der Waals surface area contributed by atoms with Gasteiger partial charge in [-0.25, -0.2) is 4.98 Å². The van der Waals surface area contributed by atoms with Crippen molar-refractivity contribution in [1.82, 2.24) is 14.5 Å². The summed E-state index contributed by atoms with van der Waals surface area (Å²) >= 11 is 1.51. The number of carbonyl (C=O) groups is 1. The van der Waals surface area contributed by atoms with Crippen LogP contribution in [0.5, 0.6) is 0 Å². The SMILES string of the molecule is Cc1cc(C)cc(-n2ccnc2SCC(=O)N2CCCC2c2ccccc2)c1. The fourth-order valence-corrected chi connectivity index (χ4v) is 4.84. The Morgan fingerprint density at radius 3 is 2.64 bits per heavy atom. The molecule has 144 valence electrons. The van der Waals surface area contributed by atoms with Crippen molar-refractivity contribution < 1.29 is 4.79 Å². The Morgan fingerprint density at radius 2 is 1.89 bits per heavy atom. The first-order valence-electron chi connectivity index (χ1n) is 9.71. The number of likely N-dealkylation sites (tertiary alicyclic amines) is 1. The highest BCUT2D eigenvalue weighted by Gasteiger charge is 2.29. The third kappa shape index (κ3) is 3.99. The van der Waals surface area contributed by atoms with Gasteiger partial charge < -0.3 is 4.90 Å². The third-order valence-electron chi connectivity index (χ3n) is 5.17. The van der Waals surface area contributed by atoms with Gasteiger partial charge in [0, 0.05) is 24.6 Å². The van der Waals surface area contributed by atoms with E-state index >= 15 is 0 Å². The van der Waals surface area contributed by atoms with E-state index in [-0.39, 0.29) is 11.9 Å². The fourth-order valence-electron chi connectivity index (χ4n) is 3.98. The molecule has 0 aliphatic carbocycles. The number of amides is 1. The number of hydrogen-bond acceptors (Lipinski definition) is 3. The molecule has 1 atom stereocenters.